The van der Waals surface area contributed by atoms with Gasteiger partial charge in [0.1, 0.15) is 12.3 Å². The van der Waals surface area contributed by atoms with Crippen LogP contribution in [0.4, 0.5) is 5.69 Å². The number of anilines is 1. The monoisotopic (exact) mass is 528 g/mol. The Hall–Kier alpha value is -2.00. The predicted octanol–water partition coefficient (Wildman–Crippen LogP) is 3.89. The van der Waals surface area contributed by atoms with Gasteiger partial charge in [-0.1, -0.05) is 23.7 Å². The zero-order valence-electron chi connectivity index (χ0n) is 16.2. The highest BCUT2D eigenvalue weighted by Crippen LogP contribution is 2.48. The van der Waals surface area contributed by atoms with Crippen molar-refractivity contribution in [2.24, 2.45) is 4.99 Å². The lowest BCUT2D eigenvalue weighted by atomic mass is 9.96. The fourth-order valence-corrected chi connectivity index (χ4v) is 3.22. The molecule has 1 saturated carbocycles. The second-order valence-corrected chi connectivity index (χ2v) is 7.37. The Morgan fingerprint density at radius 1 is 1.17 bits per heavy atom. The zero-order valence-corrected chi connectivity index (χ0v) is 19.3. The molecule has 0 bridgehead atoms. The van der Waals surface area contributed by atoms with Gasteiger partial charge < -0.3 is 21.1 Å². The number of hydrogen-bond donors (Lipinski definition) is 4. The maximum absolute atomic E-state index is 12.1. The van der Waals surface area contributed by atoms with Crippen LogP contribution >= 0.6 is 35.6 Å². The Labute approximate surface area is 193 Å². The number of phenolic OH excluding ortho intramolecular Hbond substituents is 1. The molecule has 29 heavy (non-hydrogen) atoms. The summed E-state index contributed by atoms with van der Waals surface area (Å²) in [7, 11) is 0. The summed E-state index contributed by atoms with van der Waals surface area (Å²) >= 11 is 6.14. The number of rotatable bonds is 7. The van der Waals surface area contributed by atoms with Gasteiger partial charge in [-0.25, -0.2) is 4.99 Å². The van der Waals surface area contributed by atoms with E-state index in [9.17, 15) is 9.90 Å². The van der Waals surface area contributed by atoms with E-state index in [0.29, 0.717) is 18.2 Å². The Bertz CT molecular complexity index is 854. The molecule has 1 amide bonds. The maximum Gasteiger partial charge on any atom is 0.246 e. The van der Waals surface area contributed by atoms with Crippen LogP contribution in [0.25, 0.3) is 0 Å². The molecule has 2 aromatic rings. The van der Waals surface area contributed by atoms with Gasteiger partial charge in [-0.05, 0) is 61.7 Å². The summed E-state index contributed by atoms with van der Waals surface area (Å²) < 4.78 is 0. The van der Waals surface area contributed by atoms with Gasteiger partial charge >= 0.3 is 0 Å². The minimum Gasteiger partial charge on any atom is -0.508 e. The number of halogens is 2. The molecule has 0 aromatic heterocycles. The SMILES string of the molecule is CCNC(=NCC(=O)Nc1ccc(O)cc1)NCC1(c2cccc(Cl)c2)CC1.I. The Morgan fingerprint density at radius 2 is 1.90 bits per heavy atom. The Morgan fingerprint density at radius 3 is 2.52 bits per heavy atom. The first-order chi connectivity index (χ1) is 13.5. The van der Waals surface area contributed by atoms with E-state index in [1.807, 2.05) is 25.1 Å². The molecule has 2 aromatic carbocycles. The molecule has 1 aliphatic carbocycles. The highest BCUT2D eigenvalue weighted by atomic mass is 127. The van der Waals surface area contributed by atoms with Gasteiger partial charge in [-0.15, -0.1) is 24.0 Å². The maximum atomic E-state index is 12.1. The van der Waals surface area contributed by atoms with Crippen molar-refractivity contribution in [2.45, 2.75) is 25.2 Å². The van der Waals surface area contributed by atoms with E-state index < -0.39 is 0 Å². The fourth-order valence-electron chi connectivity index (χ4n) is 3.03. The molecule has 0 aliphatic heterocycles. The van der Waals surface area contributed by atoms with Crippen molar-refractivity contribution in [3.8, 4) is 5.75 Å². The van der Waals surface area contributed by atoms with Gasteiger partial charge in [0.2, 0.25) is 5.91 Å². The number of benzene rings is 2. The van der Waals surface area contributed by atoms with Crippen molar-refractivity contribution in [1.29, 1.82) is 0 Å². The average Bonchev–Trinajstić information content (AvgIpc) is 3.47. The molecule has 0 heterocycles. The van der Waals surface area contributed by atoms with Crippen LogP contribution in [-0.4, -0.2) is 36.6 Å². The lowest BCUT2D eigenvalue weighted by molar-refractivity contribution is -0.114. The molecule has 8 heteroatoms. The molecule has 3 rings (SSSR count). The van der Waals surface area contributed by atoms with Crippen LogP contribution in [-0.2, 0) is 10.2 Å². The lowest BCUT2D eigenvalue weighted by Crippen LogP contribution is -2.41. The van der Waals surface area contributed by atoms with Crippen LogP contribution in [0.15, 0.2) is 53.5 Å². The number of aromatic hydroxyl groups is 1. The minimum atomic E-state index is -0.223. The number of hydrogen-bond acceptors (Lipinski definition) is 3. The van der Waals surface area contributed by atoms with E-state index in [0.717, 1.165) is 24.4 Å². The van der Waals surface area contributed by atoms with Crippen LogP contribution in [0.1, 0.15) is 25.3 Å². The number of carbonyl (C=O) groups is 1. The first-order valence-corrected chi connectivity index (χ1v) is 9.76. The highest BCUT2D eigenvalue weighted by molar-refractivity contribution is 14.0. The molecule has 156 valence electrons. The molecule has 4 N–H and O–H groups in total. The summed E-state index contributed by atoms with van der Waals surface area (Å²) in [6, 6.07) is 14.3. The molecule has 1 aliphatic rings. The molecular weight excluding hydrogens is 503 g/mol. The number of phenols is 1. The summed E-state index contributed by atoms with van der Waals surface area (Å²) in [6.45, 7) is 3.42. The topological polar surface area (TPSA) is 85.8 Å². The summed E-state index contributed by atoms with van der Waals surface area (Å²) in [5.74, 6) is 0.541. The summed E-state index contributed by atoms with van der Waals surface area (Å²) in [6.07, 6.45) is 2.20. The van der Waals surface area contributed by atoms with Crippen molar-refractivity contribution in [3.05, 3.63) is 59.1 Å². The van der Waals surface area contributed by atoms with Crippen molar-refractivity contribution < 1.29 is 9.90 Å². The van der Waals surface area contributed by atoms with E-state index >= 15 is 0 Å². The fraction of sp³-hybridized carbons (Fsp3) is 0.333. The van der Waals surface area contributed by atoms with Gasteiger partial charge in [0.15, 0.2) is 5.96 Å². The standard InChI is InChI=1S/C21H25ClN4O2.HI/c1-2-23-20(24-13-19(28)26-17-6-8-18(27)9-7-17)25-14-21(10-11-21)15-4-3-5-16(22)12-15;/h3-9,12,27H,2,10-11,13-14H2,1H3,(H,26,28)(H2,23,24,25);1H. The van der Waals surface area contributed by atoms with Crippen molar-refractivity contribution >= 4 is 53.1 Å². The minimum absolute atomic E-state index is 0. The Balaban J connectivity index is 0.00000300. The van der Waals surface area contributed by atoms with Gasteiger partial charge in [0.25, 0.3) is 0 Å². The third-order valence-corrected chi connectivity index (χ3v) is 5.00. The molecule has 0 saturated heterocycles. The molecular formula is C21H26ClIN4O2. The van der Waals surface area contributed by atoms with Crippen LogP contribution in [0, 0.1) is 0 Å². The van der Waals surface area contributed by atoms with Gasteiger partial charge in [-0.2, -0.15) is 0 Å². The smallest absolute Gasteiger partial charge is 0.246 e. The zero-order chi connectivity index (χ0) is 20.0. The molecule has 0 spiro atoms. The molecule has 0 radical (unpaired) electrons. The van der Waals surface area contributed by atoms with Crippen molar-refractivity contribution in [2.75, 3.05) is 25.0 Å². The lowest BCUT2D eigenvalue weighted by Gasteiger charge is -2.19. The van der Waals surface area contributed by atoms with Crippen LogP contribution < -0.4 is 16.0 Å². The van der Waals surface area contributed by atoms with E-state index in [1.54, 1.807) is 12.1 Å². The predicted molar refractivity (Wildman–Crippen MR) is 128 cm³/mol. The van der Waals surface area contributed by atoms with E-state index in [2.05, 4.69) is 27.0 Å². The number of carbonyl (C=O) groups excluding carboxylic acids is 1. The second kappa shape index (κ2) is 10.7. The molecule has 6 nitrogen and oxygen atoms in total. The normalized spacial score (nSPS) is 14.5. The third kappa shape index (κ3) is 6.78. The summed E-state index contributed by atoms with van der Waals surface area (Å²) in [5, 5.41) is 19.3. The second-order valence-electron chi connectivity index (χ2n) is 6.93. The van der Waals surface area contributed by atoms with E-state index in [-0.39, 0.29) is 47.6 Å². The number of nitrogens with one attached hydrogen (secondary N) is 3. The quantitative estimate of drug-likeness (QED) is 0.190. The third-order valence-electron chi connectivity index (χ3n) is 4.76. The highest BCUT2D eigenvalue weighted by Gasteiger charge is 2.44. The first-order valence-electron chi connectivity index (χ1n) is 9.38. The van der Waals surface area contributed by atoms with Crippen molar-refractivity contribution in [1.82, 2.24) is 10.6 Å². The van der Waals surface area contributed by atoms with Gasteiger partial charge in [0.05, 0.1) is 0 Å². The number of nitrogens with zero attached hydrogens (tertiary/aromatic N) is 1. The Kier molecular flexibility index (Phi) is 8.58. The van der Waals surface area contributed by atoms with Crippen LogP contribution in [0.3, 0.4) is 0 Å². The summed E-state index contributed by atoms with van der Waals surface area (Å²) in [5.41, 5.74) is 1.93. The van der Waals surface area contributed by atoms with Crippen LogP contribution in [0.2, 0.25) is 5.02 Å². The molecule has 1 fully saturated rings. The van der Waals surface area contributed by atoms with Crippen molar-refractivity contribution in [3.63, 3.8) is 0 Å². The largest absolute Gasteiger partial charge is 0.508 e. The van der Waals surface area contributed by atoms with Crippen LogP contribution in [0.5, 0.6) is 5.75 Å². The van der Waals surface area contributed by atoms with Gasteiger partial charge in [-0.3, -0.25) is 4.79 Å². The number of guanidine groups is 1. The van der Waals surface area contributed by atoms with Gasteiger partial charge in [0, 0.05) is 29.2 Å². The van der Waals surface area contributed by atoms with E-state index in [1.165, 1.54) is 17.7 Å². The molecule has 0 unspecified atom stereocenters. The average molecular weight is 529 g/mol. The summed E-state index contributed by atoms with van der Waals surface area (Å²) in [4.78, 5) is 16.5. The number of aliphatic imine (C=N–C) groups is 1. The molecule has 0 atom stereocenters. The first kappa shape index (κ1) is 23.3. The number of amides is 1. The van der Waals surface area contributed by atoms with E-state index in [4.69, 9.17) is 11.6 Å².